The van der Waals surface area contributed by atoms with E-state index in [1.54, 1.807) is 25.1 Å². The predicted octanol–water partition coefficient (Wildman–Crippen LogP) is -0.706. The molecule has 5 N–H and O–H groups in total. The van der Waals surface area contributed by atoms with Gasteiger partial charge in [0, 0.05) is 37.3 Å². The number of carbonyl (C=O) groups is 4. The second-order valence-corrected chi connectivity index (χ2v) is 7.51. The fourth-order valence-corrected chi connectivity index (χ4v) is 3.29. The summed E-state index contributed by atoms with van der Waals surface area (Å²) in [6, 6.07) is 6.52. The van der Waals surface area contributed by atoms with Crippen LogP contribution in [0.4, 0.5) is 5.69 Å². The highest BCUT2D eigenvalue weighted by atomic mass is 16.4. The Morgan fingerprint density at radius 2 is 1.48 bits per heavy atom. The first-order valence-electron chi connectivity index (χ1n) is 10.1. The maximum atomic E-state index is 12.5. The number of nitrogens with one attached hydrogen (secondary N) is 3. The standard InChI is InChI=1S/C21H27N5O7/c1-13-7-17(27)24-16-8-14(3-4-15(13)16)23-19(29)10-26(12-21(32)33)6-5-25(11-20(30)31)9-18(28)22-2/h3-4,7-8H,5-6,9-12H2,1-2H3,(H,22,28)(H,23,29)(H,24,27)(H,30,31)(H,32,33). The molecule has 33 heavy (non-hydrogen) atoms. The molecule has 0 saturated carbocycles. The van der Waals surface area contributed by atoms with Crippen molar-refractivity contribution in [3.8, 4) is 0 Å². The van der Waals surface area contributed by atoms with Gasteiger partial charge in [0.25, 0.3) is 0 Å². The quantitative estimate of drug-likeness (QED) is 0.274. The average Bonchev–Trinajstić information content (AvgIpc) is 2.70. The van der Waals surface area contributed by atoms with Gasteiger partial charge in [0.15, 0.2) is 0 Å². The number of H-pyrrole nitrogens is 1. The van der Waals surface area contributed by atoms with E-state index in [0.717, 1.165) is 10.9 Å². The van der Waals surface area contributed by atoms with E-state index < -0.39 is 30.9 Å². The van der Waals surface area contributed by atoms with E-state index in [9.17, 15) is 29.1 Å². The van der Waals surface area contributed by atoms with Crippen molar-refractivity contribution in [1.29, 1.82) is 0 Å². The van der Waals surface area contributed by atoms with Gasteiger partial charge >= 0.3 is 11.9 Å². The summed E-state index contributed by atoms with van der Waals surface area (Å²) in [4.78, 5) is 63.5. The van der Waals surface area contributed by atoms with E-state index in [4.69, 9.17) is 5.11 Å². The van der Waals surface area contributed by atoms with E-state index >= 15 is 0 Å². The number of aryl methyl sites for hydroxylation is 1. The Labute approximate surface area is 189 Å². The summed E-state index contributed by atoms with van der Waals surface area (Å²) < 4.78 is 0. The molecule has 0 bridgehead atoms. The van der Waals surface area contributed by atoms with Crippen LogP contribution in [0, 0.1) is 6.92 Å². The number of likely N-dealkylation sites (N-methyl/N-ethyl adjacent to an activating group) is 1. The number of hydrogen-bond acceptors (Lipinski definition) is 7. The van der Waals surface area contributed by atoms with Crippen molar-refractivity contribution < 1.29 is 29.4 Å². The van der Waals surface area contributed by atoms with Crippen LogP contribution < -0.4 is 16.2 Å². The molecular weight excluding hydrogens is 434 g/mol. The van der Waals surface area contributed by atoms with Crippen LogP contribution in [0.15, 0.2) is 29.1 Å². The number of aromatic amines is 1. The van der Waals surface area contributed by atoms with Gasteiger partial charge in [-0.1, -0.05) is 6.07 Å². The lowest BCUT2D eigenvalue weighted by atomic mass is 10.1. The summed E-state index contributed by atoms with van der Waals surface area (Å²) in [5, 5.41) is 24.1. The Balaban J connectivity index is 2.06. The number of carboxylic acids is 2. The molecule has 2 aromatic rings. The number of benzene rings is 1. The van der Waals surface area contributed by atoms with Gasteiger partial charge in [0.05, 0.1) is 31.7 Å². The number of amides is 2. The summed E-state index contributed by atoms with van der Waals surface area (Å²) in [7, 11) is 1.42. The lowest BCUT2D eigenvalue weighted by Crippen LogP contribution is -2.45. The third-order valence-corrected chi connectivity index (χ3v) is 4.80. The number of rotatable bonds is 12. The number of fused-ring (bicyclic) bond motifs is 1. The van der Waals surface area contributed by atoms with Crippen LogP contribution >= 0.6 is 0 Å². The molecule has 1 aromatic carbocycles. The first-order valence-corrected chi connectivity index (χ1v) is 10.1. The number of carbonyl (C=O) groups excluding carboxylic acids is 2. The Kier molecular flexibility index (Phi) is 9.07. The monoisotopic (exact) mass is 461 g/mol. The summed E-state index contributed by atoms with van der Waals surface area (Å²) in [5.41, 5.74) is 1.51. The number of hydrogen-bond donors (Lipinski definition) is 5. The highest BCUT2D eigenvalue weighted by Gasteiger charge is 2.18. The normalized spacial score (nSPS) is 11.0. The molecule has 0 fully saturated rings. The molecule has 2 rings (SSSR count). The van der Waals surface area contributed by atoms with E-state index in [1.165, 1.54) is 22.9 Å². The molecule has 0 aliphatic heterocycles. The Bertz CT molecular complexity index is 1100. The summed E-state index contributed by atoms with van der Waals surface area (Å²) in [5.74, 6) is -3.16. The molecule has 0 spiro atoms. The number of pyridine rings is 1. The number of aromatic nitrogens is 1. The minimum Gasteiger partial charge on any atom is -0.480 e. The largest absolute Gasteiger partial charge is 0.480 e. The van der Waals surface area contributed by atoms with Crippen molar-refractivity contribution in [3.63, 3.8) is 0 Å². The van der Waals surface area contributed by atoms with Crippen LogP contribution in [0.2, 0.25) is 0 Å². The zero-order valence-corrected chi connectivity index (χ0v) is 18.4. The van der Waals surface area contributed by atoms with Crippen LogP contribution in [0.5, 0.6) is 0 Å². The van der Waals surface area contributed by atoms with E-state index in [0.29, 0.717) is 11.2 Å². The van der Waals surface area contributed by atoms with Gasteiger partial charge in [-0.2, -0.15) is 0 Å². The van der Waals surface area contributed by atoms with E-state index in [-0.39, 0.29) is 37.6 Å². The zero-order chi connectivity index (χ0) is 24.5. The summed E-state index contributed by atoms with van der Waals surface area (Å²) >= 11 is 0. The zero-order valence-electron chi connectivity index (χ0n) is 18.4. The first-order chi connectivity index (χ1) is 15.6. The van der Waals surface area contributed by atoms with Crippen LogP contribution in [-0.2, 0) is 19.2 Å². The maximum Gasteiger partial charge on any atom is 0.317 e. The molecule has 0 radical (unpaired) electrons. The summed E-state index contributed by atoms with van der Waals surface area (Å²) in [6.45, 7) is 0.621. The van der Waals surface area contributed by atoms with Crippen LogP contribution in [0.25, 0.3) is 10.9 Å². The van der Waals surface area contributed by atoms with Crippen molar-refractivity contribution in [1.82, 2.24) is 20.1 Å². The summed E-state index contributed by atoms with van der Waals surface area (Å²) in [6.07, 6.45) is 0. The molecule has 178 valence electrons. The molecule has 0 atom stereocenters. The third kappa shape index (κ3) is 8.35. The Hall–Kier alpha value is -3.77. The molecule has 0 aliphatic carbocycles. The topological polar surface area (TPSA) is 172 Å². The highest BCUT2D eigenvalue weighted by Crippen LogP contribution is 2.19. The first kappa shape index (κ1) is 25.5. The minimum atomic E-state index is -1.15. The molecular formula is C21H27N5O7. The van der Waals surface area contributed by atoms with Gasteiger partial charge in [0.1, 0.15) is 0 Å². The van der Waals surface area contributed by atoms with Crippen molar-refractivity contribution >= 4 is 40.3 Å². The molecule has 0 aliphatic rings. The third-order valence-electron chi connectivity index (χ3n) is 4.80. The van der Waals surface area contributed by atoms with Gasteiger partial charge < -0.3 is 25.8 Å². The van der Waals surface area contributed by atoms with Gasteiger partial charge in [-0.15, -0.1) is 0 Å². The fraction of sp³-hybridized carbons (Fsp3) is 0.381. The van der Waals surface area contributed by atoms with Gasteiger partial charge in [-0.3, -0.25) is 33.8 Å². The van der Waals surface area contributed by atoms with Crippen molar-refractivity contribution in [2.45, 2.75) is 6.92 Å². The number of aliphatic carboxylic acids is 2. The minimum absolute atomic E-state index is 0.0498. The number of nitrogens with zero attached hydrogens (tertiary/aromatic N) is 2. The second-order valence-electron chi connectivity index (χ2n) is 7.51. The van der Waals surface area contributed by atoms with Crippen LogP contribution in [0.1, 0.15) is 5.56 Å². The van der Waals surface area contributed by atoms with Crippen LogP contribution in [-0.4, -0.2) is 95.1 Å². The van der Waals surface area contributed by atoms with Gasteiger partial charge in [0.2, 0.25) is 17.4 Å². The van der Waals surface area contributed by atoms with Crippen molar-refractivity contribution in [2.75, 3.05) is 51.6 Å². The Morgan fingerprint density at radius 1 is 0.909 bits per heavy atom. The SMILES string of the molecule is CNC(=O)CN(CCN(CC(=O)O)CC(=O)Nc1ccc2c(C)cc(=O)[nH]c2c1)CC(=O)O. The average molecular weight is 461 g/mol. The lowest BCUT2D eigenvalue weighted by Gasteiger charge is -2.25. The smallest absolute Gasteiger partial charge is 0.317 e. The van der Waals surface area contributed by atoms with Crippen molar-refractivity contribution in [2.24, 2.45) is 0 Å². The molecule has 0 unspecified atom stereocenters. The molecule has 1 aromatic heterocycles. The Morgan fingerprint density at radius 3 is 2.03 bits per heavy atom. The fourth-order valence-electron chi connectivity index (χ4n) is 3.29. The molecule has 1 heterocycles. The second kappa shape index (κ2) is 11.7. The molecule has 0 saturated heterocycles. The number of carboxylic acid groups (broad SMARTS) is 2. The molecule has 12 nitrogen and oxygen atoms in total. The molecule has 2 amide bonds. The highest BCUT2D eigenvalue weighted by molar-refractivity contribution is 5.95. The lowest BCUT2D eigenvalue weighted by molar-refractivity contribution is -0.141. The number of anilines is 1. The van der Waals surface area contributed by atoms with Gasteiger partial charge in [-0.25, -0.2) is 0 Å². The van der Waals surface area contributed by atoms with E-state index in [1.807, 2.05) is 0 Å². The maximum absolute atomic E-state index is 12.5. The predicted molar refractivity (Wildman–Crippen MR) is 120 cm³/mol. The van der Waals surface area contributed by atoms with Crippen molar-refractivity contribution in [3.05, 3.63) is 40.2 Å². The van der Waals surface area contributed by atoms with Gasteiger partial charge in [-0.05, 0) is 24.6 Å². The van der Waals surface area contributed by atoms with Crippen LogP contribution in [0.3, 0.4) is 0 Å². The van der Waals surface area contributed by atoms with E-state index in [2.05, 4.69) is 15.6 Å². The molecule has 12 heteroatoms.